The second-order valence-corrected chi connectivity index (χ2v) is 9.39. The van der Waals surface area contributed by atoms with Crippen LogP contribution in [0.4, 0.5) is 11.6 Å². The molecule has 10 nitrogen and oxygen atoms in total. The van der Waals surface area contributed by atoms with Crippen molar-refractivity contribution < 1.29 is 19.5 Å². The number of aromatic nitrogens is 4. The number of carbonyl (C=O) groups excluding carboxylic acids is 3. The van der Waals surface area contributed by atoms with Crippen molar-refractivity contribution in [3.05, 3.63) is 156 Å². The molecule has 6 aromatic rings. The van der Waals surface area contributed by atoms with Crippen molar-refractivity contribution in [3.63, 3.8) is 0 Å². The maximum absolute atomic E-state index is 12.3. The lowest BCUT2D eigenvalue weighted by molar-refractivity contribution is 0.101. The Morgan fingerprint density at radius 3 is 1.45 bits per heavy atom. The van der Waals surface area contributed by atoms with E-state index in [2.05, 4.69) is 20.8 Å². The first-order valence-corrected chi connectivity index (χ1v) is 13.6. The number of carbonyl (C=O) groups is 3. The summed E-state index contributed by atoms with van der Waals surface area (Å²) in [5.74, 6) is 0.489. The maximum atomic E-state index is 12.3. The number of para-hydroxylation sites is 2. The van der Waals surface area contributed by atoms with Crippen LogP contribution in [0.1, 0.15) is 36.9 Å². The number of hydrogen-bond donors (Lipinski definition) is 3. The average Bonchev–Trinajstić information content (AvgIpc) is 3.70. The highest BCUT2D eigenvalue weighted by atomic mass is 16.3. The Labute approximate surface area is 253 Å². The van der Waals surface area contributed by atoms with Crippen molar-refractivity contribution in [2.24, 2.45) is 0 Å². The number of aliphatic hydroxyl groups is 1. The van der Waals surface area contributed by atoms with Gasteiger partial charge in [-0.3, -0.25) is 14.4 Å². The van der Waals surface area contributed by atoms with E-state index < -0.39 is 0 Å². The zero-order valence-electron chi connectivity index (χ0n) is 23.4. The summed E-state index contributed by atoms with van der Waals surface area (Å²) in [5.41, 5.74) is 3.42. The summed E-state index contributed by atoms with van der Waals surface area (Å²) in [4.78, 5) is 35.5. The predicted octanol–water partition coefficient (Wildman–Crippen LogP) is 5.55. The molecule has 2 heterocycles. The fourth-order valence-corrected chi connectivity index (χ4v) is 4.23. The summed E-state index contributed by atoms with van der Waals surface area (Å²) in [6, 6.07) is 39.8. The number of rotatable bonds is 8. The van der Waals surface area contributed by atoms with Gasteiger partial charge in [-0.05, 0) is 48.5 Å². The van der Waals surface area contributed by atoms with Gasteiger partial charge in [-0.2, -0.15) is 10.2 Å². The average molecular weight is 585 g/mol. The van der Waals surface area contributed by atoms with Crippen molar-refractivity contribution >= 4 is 29.7 Å². The van der Waals surface area contributed by atoms with Gasteiger partial charge in [0.15, 0.2) is 6.29 Å². The van der Waals surface area contributed by atoms with Gasteiger partial charge in [0.1, 0.15) is 17.3 Å². The fourth-order valence-electron chi connectivity index (χ4n) is 4.23. The Balaban J connectivity index is 0.000000175. The van der Waals surface area contributed by atoms with Gasteiger partial charge in [0.2, 0.25) is 0 Å². The third-order valence-electron chi connectivity index (χ3n) is 6.33. The van der Waals surface area contributed by atoms with Crippen LogP contribution in [-0.4, -0.2) is 42.8 Å². The van der Waals surface area contributed by atoms with Crippen LogP contribution in [0.15, 0.2) is 133 Å². The normalized spacial score (nSPS) is 10.3. The first-order chi connectivity index (χ1) is 21.6. The quantitative estimate of drug-likeness (QED) is 0.201. The molecular weight excluding hydrogens is 556 g/mol. The highest BCUT2D eigenvalue weighted by Gasteiger charge is 2.14. The molecule has 0 atom stereocenters. The lowest BCUT2D eigenvalue weighted by Crippen LogP contribution is -2.14. The van der Waals surface area contributed by atoms with Crippen LogP contribution in [0.2, 0.25) is 0 Å². The molecular formula is C34H28N6O4. The van der Waals surface area contributed by atoms with Crippen LogP contribution >= 0.6 is 0 Å². The maximum Gasteiger partial charge on any atom is 0.256 e. The van der Waals surface area contributed by atoms with E-state index in [0.29, 0.717) is 34.7 Å². The SMILES string of the molecule is O=C(Nc1cc(CO)nn1-c1ccccc1)c1ccccc1.O=Cc1cc(NC(=O)c2ccccc2)n(-c2ccccc2)n1. The first kappa shape index (κ1) is 29.4. The van der Waals surface area contributed by atoms with E-state index in [1.165, 1.54) is 4.68 Å². The molecule has 10 heteroatoms. The zero-order chi connectivity index (χ0) is 30.7. The van der Waals surface area contributed by atoms with Crippen molar-refractivity contribution in [1.29, 1.82) is 0 Å². The standard InChI is InChI=1S/C17H15N3O2.C17H13N3O2/c2*21-12-14-11-16(18-17(22)13-7-3-1-4-8-13)20(19-14)15-9-5-2-6-10-15/h1-11,21H,12H2,(H,18,22);1-12H,(H,18,22). The summed E-state index contributed by atoms with van der Waals surface area (Å²) in [6.45, 7) is -0.186. The number of amides is 2. The van der Waals surface area contributed by atoms with Crippen LogP contribution in [0.5, 0.6) is 0 Å². The van der Waals surface area contributed by atoms with Crippen LogP contribution in [0.3, 0.4) is 0 Å². The third-order valence-corrected chi connectivity index (χ3v) is 6.33. The minimum Gasteiger partial charge on any atom is -0.390 e. The summed E-state index contributed by atoms with van der Waals surface area (Å²) in [6.07, 6.45) is 0.650. The summed E-state index contributed by atoms with van der Waals surface area (Å²) in [5, 5.41) is 23.4. The van der Waals surface area contributed by atoms with Crippen LogP contribution in [-0.2, 0) is 6.61 Å². The molecule has 0 aliphatic heterocycles. The molecule has 218 valence electrons. The van der Waals surface area contributed by atoms with Gasteiger partial charge in [-0.25, -0.2) is 9.36 Å². The molecule has 0 aliphatic carbocycles. The Bertz CT molecular complexity index is 1840. The molecule has 2 aromatic heterocycles. The van der Waals surface area contributed by atoms with Crippen molar-refractivity contribution in [3.8, 4) is 11.4 Å². The number of anilines is 2. The topological polar surface area (TPSA) is 131 Å². The number of nitrogens with zero attached hydrogens (tertiary/aromatic N) is 4. The molecule has 0 bridgehead atoms. The van der Waals surface area contributed by atoms with Gasteiger partial charge >= 0.3 is 0 Å². The van der Waals surface area contributed by atoms with Gasteiger partial charge in [0, 0.05) is 23.3 Å². The zero-order valence-corrected chi connectivity index (χ0v) is 23.4. The van der Waals surface area contributed by atoms with E-state index >= 15 is 0 Å². The molecule has 4 aromatic carbocycles. The number of nitrogens with one attached hydrogen (secondary N) is 2. The van der Waals surface area contributed by atoms with E-state index in [9.17, 15) is 19.5 Å². The Morgan fingerprint density at radius 2 is 1.02 bits per heavy atom. The lowest BCUT2D eigenvalue weighted by Gasteiger charge is -2.08. The van der Waals surface area contributed by atoms with E-state index in [4.69, 9.17) is 0 Å². The molecule has 44 heavy (non-hydrogen) atoms. The molecule has 0 fully saturated rings. The number of hydrogen-bond acceptors (Lipinski definition) is 6. The molecule has 2 amide bonds. The minimum atomic E-state index is -0.255. The summed E-state index contributed by atoms with van der Waals surface area (Å²) < 4.78 is 3.14. The van der Waals surface area contributed by atoms with E-state index in [0.717, 1.165) is 11.4 Å². The van der Waals surface area contributed by atoms with E-state index in [-0.39, 0.29) is 24.1 Å². The second kappa shape index (κ2) is 14.2. The number of aldehydes is 1. The van der Waals surface area contributed by atoms with E-state index in [1.807, 2.05) is 84.9 Å². The summed E-state index contributed by atoms with van der Waals surface area (Å²) >= 11 is 0. The predicted molar refractivity (Wildman–Crippen MR) is 167 cm³/mol. The molecule has 0 spiro atoms. The highest BCUT2D eigenvalue weighted by molar-refractivity contribution is 6.04. The van der Waals surface area contributed by atoms with Gasteiger partial charge in [0.05, 0.1) is 23.7 Å². The minimum absolute atomic E-state index is 0.186. The molecule has 0 saturated heterocycles. The van der Waals surface area contributed by atoms with Crippen LogP contribution in [0.25, 0.3) is 11.4 Å². The Morgan fingerprint density at radius 1 is 0.614 bits per heavy atom. The largest absolute Gasteiger partial charge is 0.390 e. The second-order valence-electron chi connectivity index (χ2n) is 9.39. The first-order valence-electron chi connectivity index (χ1n) is 13.6. The highest BCUT2D eigenvalue weighted by Crippen LogP contribution is 2.19. The molecule has 0 radical (unpaired) electrons. The Hall–Kier alpha value is -6.13. The molecule has 0 aliphatic rings. The van der Waals surface area contributed by atoms with Gasteiger partial charge in [0.25, 0.3) is 11.8 Å². The van der Waals surface area contributed by atoms with Gasteiger partial charge in [-0.1, -0.05) is 72.8 Å². The Kier molecular flexibility index (Phi) is 9.45. The molecule has 0 saturated carbocycles. The van der Waals surface area contributed by atoms with E-state index in [1.54, 1.807) is 53.2 Å². The smallest absolute Gasteiger partial charge is 0.256 e. The van der Waals surface area contributed by atoms with Crippen LogP contribution in [0, 0.1) is 0 Å². The number of aliphatic hydroxyl groups excluding tert-OH is 1. The third kappa shape index (κ3) is 7.19. The van der Waals surface area contributed by atoms with Gasteiger partial charge in [-0.15, -0.1) is 0 Å². The van der Waals surface area contributed by atoms with Gasteiger partial charge < -0.3 is 15.7 Å². The monoisotopic (exact) mass is 584 g/mol. The molecule has 6 rings (SSSR count). The van der Waals surface area contributed by atoms with Crippen molar-refractivity contribution in [2.75, 3.05) is 10.6 Å². The van der Waals surface area contributed by atoms with Crippen LogP contribution < -0.4 is 10.6 Å². The number of benzene rings is 4. The van der Waals surface area contributed by atoms with Crippen molar-refractivity contribution in [1.82, 2.24) is 19.6 Å². The lowest BCUT2D eigenvalue weighted by atomic mass is 10.2. The summed E-state index contributed by atoms with van der Waals surface area (Å²) in [7, 11) is 0. The molecule has 0 unspecified atom stereocenters. The molecule has 3 N–H and O–H groups in total. The van der Waals surface area contributed by atoms with Crippen molar-refractivity contribution in [2.45, 2.75) is 6.61 Å². The fraction of sp³-hybridized carbons (Fsp3) is 0.0294.